The van der Waals surface area contributed by atoms with Crippen LogP contribution in [-0.2, 0) is 21.8 Å². The quantitative estimate of drug-likeness (QED) is 0.732. The molecule has 1 aliphatic rings. The van der Waals surface area contributed by atoms with Crippen LogP contribution in [0.15, 0.2) is 9.63 Å². The van der Waals surface area contributed by atoms with Crippen molar-refractivity contribution < 1.29 is 13.2 Å². The van der Waals surface area contributed by atoms with Crippen LogP contribution in [0.2, 0.25) is 0 Å². The summed E-state index contributed by atoms with van der Waals surface area (Å²) < 4.78 is 34.4. The molecule has 19 heavy (non-hydrogen) atoms. The van der Waals surface area contributed by atoms with Crippen LogP contribution in [-0.4, -0.2) is 47.5 Å². The molecule has 1 aromatic rings. The summed E-state index contributed by atoms with van der Waals surface area (Å²) in [5.74, 6) is 0. The second-order valence-corrected chi connectivity index (χ2v) is 7.35. The van der Waals surface area contributed by atoms with Gasteiger partial charge in [0.15, 0.2) is 4.60 Å². The zero-order valence-electron chi connectivity index (χ0n) is 10.3. The van der Waals surface area contributed by atoms with Crippen molar-refractivity contribution in [2.75, 3.05) is 18.5 Å². The Labute approximate surface area is 128 Å². The Kier molecular flexibility index (Phi) is 4.66. The second-order valence-electron chi connectivity index (χ2n) is 4.44. The Bertz CT molecular complexity index is 534. The molecule has 0 atom stereocenters. The van der Waals surface area contributed by atoms with Gasteiger partial charge in [0.05, 0.1) is 0 Å². The molecular formula is C9H14Br2N4O3S. The first-order valence-corrected chi connectivity index (χ1v) is 9.03. The third-order valence-corrected chi connectivity index (χ3v) is 6.59. The summed E-state index contributed by atoms with van der Waals surface area (Å²) in [5.41, 5.74) is -0.527. The normalized spacial score (nSPS) is 19.5. The summed E-state index contributed by atoms with van der Waals surface area (Å²) in [6, 6.07) is 0. The van der Waals surface area contributed by atoms with Crippen LogP contribution in [0.1, 0.15) is 12.8 Å². The Balaban J connectivity index is 2.30. The van der Waals surface area contributed by atoms with Gasteiger partial charge in [0, 0.05) is 31.1 Å². The highest BCUT2D eigenvalue weighted by atomic mass is 79.9. The summed E-state index contributed by atoms with van der Waals surface area (Å²) in [5, 5.41) is 7.95. The fourth-order valence-corrected chi connectivity index (χ4v) is 5.41. The Hall–Kier alpha value is -0.0300. The summed E-state index contributed by atoms with van der Waals surface area (Å²) >= 11 is 6.50. The predicted molar refractivity (Wildman–Crippen MR) is 75.6 cm³/mol. The summed E-state index contributed by atoms with van der Waals surface area (Å²) in [7, 11) is -2.15. The number of sulfonamides is 1. The van der Waals surface area contributed by atoms with E-state index in [1.54, 1.807) is 0 Å². The lowest BCUT2D eigenvalue weighted by molar-refractivity contribution is 0.0557. The lowest BCUT2D eigenvalue weighted by Gasteiger charge is -2.35. The van der Waals surface area contributed by atoms with Gasteiger partial charge in [0.2, 0.25) is 5.03 Å². The van der Waals surface area contributed by atoms with Gasteiger partial charge < -0.3 is 4.74 Å². The van der Waals surface area contributed by atoms with Crippen LogP contribution in [0.25, 0.3) is 0 Å². The number of ether oxygens (including phenoxy) is 1. The molecule has 0 amide bonds. The van der Waals surface area contributed by atoms with Crippen LogP contribution >= 0.6 is 31.9 Å². The van der Waals surface area contributed by atoms with E-state index >= 15 is 0 Å². The number of halogens is 2. The Morgan fingerprint density at radius 1 is 1.47 bits per heavy atom. The topological polar surface area (TPSA) is 86.1 Å². The van der Waals surface area contributed by atoms with Crippen LogP contribution in [0.4, 0.5) is 0 Å². The predicted octanol–water partition coefficient (Wildman–Crippen LogP) is 0.800. The van der Waals surface area contributed by atoms with Crippen molar-refractivity contribution >= 4 is 41.9 Å². The first-order valence-electron chi connectivity index (χ1n) is 5.63. The highest BCUT2D eigenvalue weighted by Crippen LogP contribution is 2.27. The number of rotatable bonds is 4. The fourth-order valence-electron chi connectivity index (χ4n) is 1.97. The van der Waals surface area contributed by atoms with Gasteiger partial charge >= 0.3 is 0 Å². The van der Waals surface area contributed by atoms with Crippen molar-refractivity contribution in [3.8, 4) is 0 Å². The molecule has 2 heterocycles. The van der Waals surface area contributed by atoms with E-state index in [-0.39, 0.29) is 9.63 Å². The van der Waals surface area contributed by atoms with E-state index < -0.39 is 15.6 Å². The maximum atomic E-state index is 12.5. The van der Waals surface area contributed by atoms with Crippen molar-refractivity contribution in [2.45, 2.75) is 23.4 Å². The summed E-state index contributed by atoms with van der Waals surface area (Å²) in [4.78, 5) is 0. The minimum Gasteiger partial charge on any atom is -0.381 e. The standard InChI is InChI=1S/C9H14Br2N4O3S/c1-15-8(7(11)12-14-15)19(16,17)13-9(6-10)2-4-18-5-3-9/h13H,2-6H2,1H3. The van der Waals surface area contributed by atoms with E-state index in [0.717, 1.165) is 0 Å². The van der Waals surface area contributed by atoms with Crippen molar-refractivity contribution in [1.82, 2.24) is 19.7 Å². The maximum Gasteiger partial charge on any atom is 0.261 e. The second kappa shape index (κ2) is 5.76. The molecule has 1 aromatic heterocycles. The average molecular weight is 418 g/mol. The number of alkyl halides is 1. The lowest BCUT2D eigenvalue weighted by atomic mass is 9.94. The molecular weight excluding hydrogens is 404 g/mol. The smallest absolute Gasteiger partial charge is 0.261 e. The van der Waals surface area contributed by atoms with Crippen LogP contribution < -0.4 is 4.72 Å². The molecule has 1 aliphatic heterocycles. The van der Waals surface area contributed by atoms with Crippen molar-refractivity contribution in [3.05, 3.63) is 4.60 Å². The third-order valence-electron chi connectivity index (χ3n) is 3.05. The number of nitrogens with one attached hydrogen (secondary N) is 1. The molecule has 0 aliphatic carbocycles. The lowest BCUT2D eigenvalue weighted by Crippen LogP contribution is -2.53. The Morgan fingerprint density at radius 3 is 2.58 bits per heavy atom. The molecule has 1 N–H and O–H groups in total. The molecule has 0 unspecified atom stereocenters. The minimum atomic E-state index is -3.69. The molecule has 10 heteroatoms. The first-order chi connectivity index (χ1) is 8.90. The van der Waals surface area contributed by atoms with Gasteiger partial charge in [-0.1, -0.05) is 21.1 Å². The Morgan fingerprint density at radius 2 is 2.11 bits per heavy atom. The minimum absolute atomic E-state index is 0.0271. The van der Waals surface area contributed by atoms with E-state index in [1.807, 2.05) is 0 Å². The number of hydrogen-bond donors (Lipinski definition) is 1. The average Bonchev–Trinajstić information content (AvgIpc) is 2.70. The SMILES string of the molecule is Cn1nnc(Br)c1S(=O)(=O)NC1(CBr)CCOCC1. The fraction of sp³-hybridized carbons (Fsp3) is 0.778. The van der Waals surface area contributed by atoms with Crippen LogP contribution in [0, 0.1) is 0 Å². The molecule has 0 aromatic carbocycles. The molecule has 0 radical (unpaired) electrons. The van der Waals surface area contributed by atoms with Crippen molar-refractivity contribution in [1.29, 1.82) is 0 Å². The van der Waals surface area contributed by atoms with Crippen molar-refractivity contribution in [3.63, 3.8) is 0 Å². The first kappa shape index (κ1) is 15.4. The van der Waals surface area contributed by atoms with E-state index in [2.05, 4.69) is 46.9 Å². The number of nitrogens with zero attached hydrogens (tertiary/aromatic N) is 3. The molecule has 0 saturated carbocycles. The molecule has 1 fully saturated rings. The maximum absolute atomic E-state index is 12.5. The van der Waals surface area contributed by atoms with E-state index in [1.165, 1.54) is 11.7 Å². The van der Waals surface area contributed by atoms with Gasteiger partial charge in [-0.15, -0.1) is 5.10 Å². The zero-order valence-corrected chi connectivity index (χ0v) is 14.3. The largest absolute Gasteiger partial charge is 0.381 e. The summed E-state index contributed by atoms with van der Waals surface area (Å²) in [6.45, 7) is 1.08. The molecule has 1 saturated heterocycles. The highest BCUT2D eigenvalue weighted by Gasteiger charge is 2.38. The highest BCUT2D eigenvalue weighted by molar-refractivity contribution is 9.10. The van der Waals surface area contributed by atoms with Gasteiger partial charge in [-0.2, -0.15) is 0 Å². The molecule has 2 rings (SSSR count). The van der Waals surface area contributed by atoms with E-state index in [0.29, 0.717) is 31.4 Å². The monoisotopic (exact) mass is 416 g/mol. The van der Waals surface area contributed by atoms with Gasteiger partial charge in [-0.05, 0) is 28.8 Å². The van der Waals surface area contributed by atoms with Gasteiger partial charge in [0.25, 0.3) is 10.0 Å². The van der Waals surface area contributed by atoms with Gasteiger partial charge in [-0.25, -0.2) is 17.8 Å². The number of aromatic nitrogens is 3. The van der Waals surface area contributed by atoms with Gasteiger partial charge in [-0.3, -0.25) is 0 Å². The van der Waals surface area contributed by atoms with E-state index in [9.17, 15) is 8.42 Å². The van der Waals surface area contributed by atoms with Crippen LogP contribution in [0.5, 0.6) is 0 Å². The molecule has 0 spiro atoms. The molecule has 7 nitrogen and oxygen atoms in total. The molecule has 0 bridgehead atoms. The number of hydrogen-bond acceptors (Lipinski definition) is 5. The number of aryl methyl sites for hydroxylation is 1. The van der Waals surface area contributed by atoms with E-state index in [4.69, 9.17) is 4.74 Å². The zero-order chi connectivity index (χ0) is 14.1. The summed E-state index contributed by atoms with van der Waals surface area (Å²) in [6.07, 6.45) is 1.25. The van der Waals surface area contributed by atoms with Gasteiger partial charge in [0.1, 0.15) is 0 Å². The molecule has 108 valence electrons. The van der Waals surface area contributed by atoms with Crippen molar-refractivity contribution in [2.24, 2.45) is 7.05 Å². The van der Waals surface area contributed by atoms with Crippen LogP contribution in [0.3, 0.4) is 0 Å². The third kappa shape index (κ3) is 3.18.